The van der Waals surface area contributed by atoms with Crippen molar-refractivity contribution in [3.63, 3.8) is 0 Å². The molecule has 0 bridgehead atoms. The van der Waals surface area contributed by atoms with Gasteiger partial charge in [-0.05, 0) is 37.2 Å². The molecule has 0 saturated heterocycles. The lowest BCUT2D eigenvalue weighted by molar-refractivity contribution is -0.126. The molecule has 2 N–H and O–H groups in total. The van der Waals surface area contributed by atoms with E-state index in [1.165, 1.54) is 0 Å². The summed E-state index contributed by atoms with van der Waals surface area (Å²) in [4.78, 5) is 14.4. The van der Waals surface area contributed by atoms with Gasteiger partial charge in [-0.15, -0.1) is 0 Å². The van der Waals surface area contributed by atoms with Crippen LogP contribution in [-0.2, 0) is 9.53 Å². The Hall–Kier alpha value is -1.95. The van der Waals surface area contributed by atoms with E-state index in [4.69, 9.17) is 4.74 Å². The van der Waals surface area contributed by atoms with Crippen LogP contribution in [0.2, 0.25) is 0 Å². The van der Waals surface area contributed by atoms with Gasteiger partial charge in [0.1, 0.15) is 0 Å². The van der Waals surface area contributed by atoms with E-state index >= 15 is 0 Å². The molecule has 136 valence electrons. The summed E-state index contributed by atoms with van der Waals surface area (Å²) in [7, 11) is 3.37. The molecule has 5 heteroatoms. The van der Waals surface area contributed by atoms with Crippen molar-refractivity contribution in [2.45, 2.75) is 32.0 Å². The van der Waals surface area contributed by atoms with Crippen LogP contribution < -0.4 is 5.32 Å². The van der Waals surface area contributed by atoms with E-state index in [0.717, 1.165) is 16.3 Å². The highest BCUT2D eigenvalue weighted by atomic mass is 16.5. The predicted molar refractivity (Wildman–Crippen MR) is 100 cm³/mol. The van der Waals surface area contributed by atoms with Gasteiger partial charge in [-0.25, -0.2) is 0 Å². The minimum Gasteiger partial charge on any atom is -0.389 e. The van der Waals surface area contributed by atoms with Crippen molar-refractivity contribution in [2.24, 2.45) is 0 Å². The van der Waals surface area contributed by atoms with Gasteiger partial charge < -0.3 is 15.2 Å². The van der Waals surface area contributed by atoms with Crippen molar-refractivity contribution >= 4 is 16.7 Å². The molecule has 3 atom stereocenters. The highest BCUT2D eigenvalue weighted by molar-refractivity contribution is 5.87. The zero-order valence-electron chi connectivity index (χ0n) is 15.4. The highest BCUT2D eigenvalue weighted by Crippen LogP contribution is 2.24. The molecule has 2 aromatic rings. The number of likely N-dealkylation sites (N-methyl/N-ethyl adjacent to an activating group) is 1. The molecule has 5 nitrogen and oxygen atoms in total. The van der Waals surface area contributed by atoms with Crippen molar-refractivity contribution in [3.05, 3.63) is 48.0 Å². The smallest absolute Gasteiger partial charge is 0.237 e. The Balaban J connectivity index is 2.03. The third-order valence-corrected chi connectivity index (χ3v) is 4.55. The molecule has 3 unspecified atom stereocenters. The fraction of sp³-hybridized carbons (Fsp3) is 0.450. The van der Waals surface area contributed by atoms with Crippen LogP contribution in [0.4, 0.5) is 0 Å². The van der Waals surface area contributed by atoms with Crippen molar-refractivity contribution in [1.29, 1.82) is 0 Å². The molecule has 0 saturated carbocycles. The van der Waals surface area contributed by atoms with E-state index in [9.17, 15) is 9.90 Å². The standard InChI is InChI=1S/C20H28N2O3/c1-14(18-11-7-9-16-8-5-6-10-19(16)18)21-20(24)15(2)22(3)12-17(23)13-25-4/h5-11,14-15,17,23H,12-13H2,1-4H3,(H,21,24). The number of amides is 1. The van der Waals surface area contributed by atoms with Crippen LogP contribution in [0.1, 0.15) is 25.5 Å². The summed E-state index contributed by atoms with van der Waals surface area (Å²) in [5, 5.41) is 15.2. The number of nitrogens with one attached hydrogen (secondary N) is 1. The Morgan fingerprint density at radius 1 is 1.20 bits per heavy atom. The Kier molecular flexibility index (Phi) is 6.93. The second-order valence-electron chi connectivity index (χ2n) is 6.52. The lowest BCUT2D eigenvalue weighted by atomic mass is 9.99. The molecular formula is C20H28N2O3. The van der Waals surface area contributed by atoms with Crippen LogP contribution in [-0.4, -0.2) is 55.4 Å². The summed E-state index contributed by atoms with van der Waals surface area (Å²) in [5.74, 6) is -0.0625. The molecule has 0 aliphatic rings. The molecule has 2 aromatic carbocycles. The zero-order valence-corrected chi connectivity index (χ0v) is 15.4. The number of carbonyl (C=O) groups excluding carboxylic acids is 1. The number of hydrogen-bond donors (Lipinski definition) is 2. The van der Waals surface area contributed by atoms with Gasteiger partial charge in [0.15, 0.2) is 0 Å². The Morgan fingerprint density at radius 3 is 2.60 bits per heavy atom. The first kappa shape index (κ1) is 19.4. The Labute approximate surface area is 149 Å². The summed E-state index contributed by atoms with van der Waals surface area (Å²) in [6, 6.07) is 13.8. The number of benzene rings is 2. The maximum atomic E-state index is 12.6. The minimum absolute atomic E-state index is 0.0625. The first-order chi connectivity index (χ1) is 11.9. The summed E-state index contributed by atoms with van der Waals surface area (Å²) < 4.78 is 4.93. The van der Waals surface area contributed by atoms with E-state index in [2.05, 4.69) is 23.5 Å². The zero-order chi connectivity index (χ0) is 18.4. The molecule has 0 radical (unpaired) electrons. The molecule has 0 aliphatic heterocycles. The van der Waals surface area contributed by atoms with Crippen LogP contribution in [0.5, 0.6) is 0 Å². The van der Waals surface area contributed by atoms with Crippen molar-refractivity contribution in [1.82, 2.24) is 10.2 Å². The van der Waals surface area contributed by atoms with E-state index in [-0.39, 0.29) is 24.6 Å². The van der Waals surface area contributed by atoms with Gasteiger partial charge >= 0.3 is 0 Å². The fourth-order valence-electron chi connectivity index (χ4n) is 2.98. The lowest BCUT2D eigenvalue weighted by Crippen LogP contribution is -2.47. The lowest BCUT2D eigenvalue weighted by Gasteiger charge is -2.27. The van der Waals surface area contributed by atoms with Gasteiger partial charge in [-0.1, -0.05) is 42.5 Å². The van der Waals surface area contributed by atoms with Crippen LogP contribution in [0.15, 0.2) is 42.5 Å². The monoisotopic (exact) mass is 344 g/mol. The molecule has 25 heavy (non-hydrogen) atoms. The molecule has 0 spiro atoms. The predicted octanol–water partition coefficient (Wildman–Crippen LogP) is 2.34. The number of aliphatic hydroxyl groups excluding tert-OH is 1. The summed E-state index contributed by atoms with van der Waals surface area (Å²) in [6.07, 6.45) is -0.610. The van der Waals surface area contributed by atoms with Crippen molar-refractivity contribution in [2.75, 3.05) is 27.3 Å². The summed E-state index contributed by atoms with van der Waals surface area (Å²) in [5.41, 5.74) is 1.10. The topological polar surface area (TPSA) is 61.8 Å². The number of fused-ring (bicyclic) bond motifs is 1. The highest BCUT2D eigenvalue weighted by Gasteiger charge is 2.22. The number of ether oxygens (including phenoxy) is 1. The van der Waals surface area contributed by atoms with E-state index in [1.807, 2.05) is 50.1 Å². The average Bonchev–Trinajstić information content (AvgIpc) is 2.60. The number of methoxy groups -OCH3 is 1. The summed E-state index contributed by atoms with van der Waals surface area (Å²) in [6.45, 7) is 4.47. The quantitative estimate of drug-likeness (QED) is 0.772. The normalized spacial score (nSPS) is 15.1. The van der Waals surface area contributed by atoms with Gasteiger partial charge in [-0.2, -0.15) is 0 Å². The third-order valence-electron chi connectivity index (χ3n) is 4.55. The SMILES string of the molecule is COCC(O)CN(C)C(C)C(=O)NC(C)c1cccc2ccccc12. The molecule has 0 aliphatic carbocycles. The number of carbonyl (C=O) groups is 1. The minimum atomic E-state index is -0.610. The Morgan fingerprint density at radius 2 is 1.88 bits per heavy atom. The number of rotatable bonds is 8. The third kappa shape index (κ3) is 5.01. The fourth-order valence-corrected chi connectivity index (χ4v) is 2.98. The first-order valence-corrected chi connectivity index (χ1v) is 8.59. The largest absolute Gasteiger partial charge is 0.389 e. The van der Waals surface area contributed by atoms with Crippen molar-refractivity contribution in [3.8, 4) is 0 Å². The molecule has 0 aromatic heterocycles. The van der Waals surface area contributed by atoms with Gasteiger partial charge in [0.25, 0.3) is 0 Å². The number of hydrogen-bond acceptors (Lipinski definition) is 4. The average molecular weight is 344 g/mol. The van der Waals surface area contributed by atoms with Gasteiger partial charge in [0, 0.05) is 13.7 Å². The molecule has 0 heterocycles. The molecule has 1 amide bonds. The van der Waals surface area contributed by atoms with Gasteiger partial charge in [0.05, 0.1) is 24.8 Å². The number of aliphatic hydroxyl groups is 1. The first-order valence-electron chi connectivity index (χ1n) is 8.59. The van der Waals surface area contributed by atoms with E-state index < -0.39 is 6.10 Å². The van der Waals surface area contributed by atoms with E-state index in [0.29, 0.717) is 6.54 Å². The second kappa shape index (κ2) is 8.94. The van der Waals surface area contributed by atoms with Crippen LogP contribution in [0.25, 0.3) is 10.8 Å². The van der Waals surface area contributed by atoms with E-state index in [1.54, 1.807) is 7.11 Å². The maximum Gasteiger partial charge on any atom is 0.237 e. The van der Waals surface area contributed by atoms with Gasteiger partial charge in [0.2, 0.25) is 5.91 Å². The summed E-state index contributed by atoms with van der Waals surface area (Å²) >= 11 is 0. The maximum absolute atomic E-state index is 12.6. The molecule has 0 fully saturated rings. The van der Waals surface area contributed by atoms with Gasteiger partial charge in [-0.3, -0.25) is 9.69 Å². The molecule has 2 rings (SSSR count). The van der Waals surface area contributed by atoms with Crippen LogP contribution in [0, 0.1) is 0 Å². The van der Waals surface area contributed by atoms with Crippen LogP contribution >= 0.6 is 0 Å². The molecular weight excluding hydrogens is 316 g/mol. The van der Waals surface area contributed by atoms with Crippen LogP contribution in [0.3, 0.4) is 0 Å². The number of nitrogens with zero attached hydrogens (tertiary/aromatic N) is 1. The van der Waals surface area contributed by atoms with Crippen molar-refractivity contribution < 1.29 is 14.6 Å². The Bertz CT molecular complexity index is 699. The second-order valence-corrected chi connectivity index (χ2v) is 6.52.